The Morgan fingerprint density at radius 1 is 1.08 bits per heavy atom. The van der Waals surface area contributed by atoms with E-state index >= 15 is 0 Å². The van der Waals surface area contributed by atoms with Crippen molar-refractivity contribution in [2.75, 3.05) is 0 Å². The smallest absolute Gasteiger partial charge is 0.0650 e. The molecule has 4 aromatic rings. The highest BCUT2D eigenvalue weighted by atomic mass is 32.1. The van der Waals surface area contributed by atoms with Gasteiger partial charge in [0.25, 0.3) is 0 Å². The highest BCUT2D eigenvalue weighted by Gasteiger charge is 2.04. The van der Waals surface area contributed by atoms with Crippen LogP contribution in [-0.2, 0) is 0 Å². The maximum absolute atomic E-state index is 4.17. The van der Waals surface area contributed by atoms with Gasteiger partial charge in [0, 0.05) is 22.5 Å². The standard InChI is InChI=1S/C20H17N3S/c1-2-15(9-14-3-8-20-18(10-14)11-21-23-20)16-4-6-17(7-5-16)19-12-22-24-13-19/h3-13H,2H2,1H3,(H,21,23)/b15-9+. The lowest BCUT2D eigenvalue weighted by Crippen LogP contribution is -1.84. The number of nitrogens with zero attached hydrogens (tertiary/aromatic N) is 2. The molecular formula is C20H17N3S. The summed E-state index contributed by atoms with van der Waals surface area (Å²) >= 11 is 1.48. The third kappa shape index (κ3) is 2.88. The number of hydrogen-bond acceptors (Lipinski definition) is 3. The molecule has 0 radical (unpaired) electrons. The molecule has 1 N–H and O–H groups in total. The molecule has 0 saturated heterocycles. The van der Waals surface area contributed by atoms with E-state index in [1.54, 1.807) is 0 Å². The normalized spacial score (nSPS) is 12.0. The molecular weight excluding hydrogens is 314 g/mol. The maximum Gasteiger partial charge on any atom is 0.0650 e. The molecule has 0 aliphatic carbocycles. The van der Waals surface area contributed by atoms with Crippen molar-refractivity contribution in [2.24, 2.45) is 0 Å². The zero-order valence-corrected chi connectivity index (χ0v) is 14.2. The molecule has 0 saturated carbocycles. The Labute approximate surface area is 144 Å². The number of allylic oxidation sites excluding steroid dienone is 1. The maximum atomic E-state index is 4.17. The molecule has 0 spiro atoms. The van der Waals surface area contributed by atoms with Crippen LogP contribution in [0.25, 0.3) is 33.7 Å². The molecule has 0 unspecified atom stereocenters. The molecule has 118 valence electrons. The summed E-state index contributed by atoms with van der Waals surface area (Å²) in [5, 5.41) is 10.3. The largest absolute Gasteiger partial charge is 0.278 e. The first-order valence-electron chi connectivity index (χ1n) is 7.97. The number of rotatable bonds is 4. The minimum Gasteiger partial charge on any atom is -0.278 e. The van der Waals surface area contributed by atoms with Crippen molar-refractivity contribution in [3.05, 3.63) is 71.4 Å². The monoisotopic (exact) mass is 331 g/mol. The molecule has 0 fully saturated rings. The van der Waals surface area contributed by atoms with Crippen LogP contribution < -0.4 is 0 Å². The molecule has 0 bridgehead atoms. The van der Waals surface area contributed by atoms with Gasteiger partial charge in [0.2, 0.25) is 0 Å². The second-order valence-electron chi connectivity index (χ2n) is 5.73. The van der Waals surface area contributed by atoms with E-state index in [2.05, 4.69) is 75.4 Å². The van der Waals surface area contributed by atoms with Crippen molar-refractivity contribution < 1.29 is 0 Å². The number of benzene rings is 2. The van der Waals surface area contributed by atoms with Crippen molar-refractivity contribution in [3.63, 3.8) is 0 Å². The fourth-order valence-electron chi connectivity index (χ4n) is 2.87. The molecule has 2 heterocycles. The topological polar surface area (TPSA) is 41.6 Å². The Hall–Kier alpha value is -2.72. The number of aromatic nitrogens is 3. The molecule has 4 heteroatoms. The van der Waals surface area contributed by atoms with E-state index in [1.165, 1.54) is 39.4 Å². The third-order valence-corrected chi connectivity index (χ3v) is 4.79. The number of hydrogen-bond donors (Lipinski definition) is 1. The first-order valence-corrected chi connectivity index (χ1v) is 8.81. The van der Waals surface area contributed by atoms with Crippen LogP contribution in [0.2, 0.25) is 0 Å². The fourth-order valence-corrected chi connectivity index (χ4v) is 3.41. The highest BCUT2D eigenvalue weighted by Crippen LogP contribution is 2.26. The molecule has 2 aromatic heterocycles. The van der Waals surface area contributed by atoms with Crippen molar-refractivity contribution in [1.82, 2.24) is 14.6 Å². The lowest BCUT2D eigenvalue weighted by Gasteiger charge is -2.07. The summed E-state index contributed by atoms with van der Waals surface area (Å²) in [5.41, 5.74) is 7.25. The van der Waals surface area contributed by atoms with E-state index in [4.69, 9.17) is 0 Å². The summed E-state index contributed by atoms with van der Waals surface area (Å²) in [4.78, 5) is 0. The molecule has 24 heavy (non-hydrogen) atoms. The molecule has 0 amide bonds. The summed E-state index contributed by atoms with van der Waals surface area (Å²) in [5.74, 6) is 0. The van der Waals surface area contributed by atoms with Crippen molar-refractivity contribution in [3.8, 4) is 11.1 Å². The van der Waals surface area contributed by atoms with E-state index in [9.17, 15) is 0 Å². The Morgan fingerprint density at radius 2 is 1.96 bits per heavy atom. The van der Waals surface area contributed by atoms with Gasteiger partial charge >= 0.3 is 0 Å². The van der Waals surface area contributed by atoms with Crippen LogP contribution in [0, 0.1) is 0 Å². The van der Waals surface area contributed by atoms with Gasteiger partial charge in [0.05, 0.1) is 11.7 Å². The van der Waals surface area contributed by atoms with Crippen LogP contribution in [0.15, 0.2) is 60.2 Å². The van der Waals surface area contributed by atoms with E-state index in [1.807, 2.05) is 12.4 Å². The molecule has 0 aliphatic rings. The average molecular weight is 331 g/mol. The van der Waals surface area contributed by atoms with Crippen LogP contribution in [0.4, 0.5) is 0 Å². The summed E-state index contributed by atoms with van der Waals surface area (Å²) < 4.78 is 4.17. The highest BCUT2D eigenvalue weighted by molar-refractivity contribution is 7.03. The summed E-state index contributed by atoms with van der Waals surface area (Å²) in [6.07, 6.45) is 7.02. The molecule has 0 atom stereocenters. The van der Waals surface area contributed by atoms with E-state index < -0.39 is 0 Å². The SMILES string of the molecule is CC/C(=C\c1ccc2[nH]ncc2c1)c1ccc(-c2cnsc2)cc1. The Morgan fingerprint density at radius 3 is 2.71 bits per heavy atom. The van der Waals surface area contributed by atoms with Gasteiger partial charge in [-0.1, -0.05) is 43.3 Å². The molecule has 3 nitrogen and oxygen atoms in total. The molecule has 4 rings (SSSR count). The Bertz CT molecular complexity index is 979. The lowest BCUT2D eigenvalue weighted by atomic mass is 9.98. The second kappa shape index (κ2) is 6.42. The van der Waals surface area contributed by atoms with Gasteiger partial charge in [-0.15, -0.1) is 0 Å². The zero-order valence-electron chi connectivity index (χ0n) is 13.4. The minimum atomic E-state index is 0.989. The van der Waals surface area contributed by atoms with Crippen LogP contribution in [0.3, 0.4) is 0 Å². The van der Waals surface area contributed by atoms with E-state index in [0.29, 0.717) is 0 Å². The van der Waals surface area contributed by atoms with Gasteiger partial charge in [-0.25, -0.2) is 4.37 Å². The van der Waals surface area contributed by atoms with Gasteiger partial charge in [-0.3, -0.25) is 5.10 Å². The predicted octanol–water partition coefficient (Wildman–Crippen LogP) is 5.64. The first kappa shape index (κ1) is 14.8. The van der Waals surface area contributed by atoms with Crippen LogP contribution in [0.1, 0.15) is 24.5 Å². The molecule has 0 aliphatic heterocycles. The van der Waals surface area contributed by atoms with Gasteiger partial charge in [0.15, 0.2) is 0 Å². The van der Waals surface area contributed by atoms with E-state index in [-0.39, 0.29) is 0 Å². The number of nitrogens with one attached hydrogen (secondary N) is 1. The number of H-pyrrole nitrogens is 1. The lowest BCUT2D eigenvalue weighted by molar-refractivity contribution is 1.12. The van der Waals surface area contributed by atoms with E-state index in [0.717, 1.165) is 17.3 Å². The Kier molecular flexibility index (Phi) is 3.97. The van der Waals surface area contributed by atoms with Gasteiger partial charge in [-0.05, 0) is 52.3 Å². The minimum absolute atomic E-state index is 0.989. The number of aromatic amines is 1. The first-order chi connectivity index (χ1) is 11.8. The average Bonchev–Trinajstić information content (AvgIpc) is 3.31. The van der Waals surface area contributed by atoms with Crippen molar-refractivity contribution in [2.45, 2.75) is 13.3 Å². The van der Waals surface area contributed by atoms with Crippen LogP contribution >= 0.6 is 11.5 Å². The van der Waals surface area contributed by atoms with Crippen LogP contribution in [-0.4, -0.2) is 14.6 Å². The Balaban J connectivity index is 1.67. The van der Waals surface area contributed by atoms with Gasteiger partial charge in [0.1, 0.15) is 0 Å². The summed E-state index contributed by atoms with van der Waals surface area (Å²) in [6, 6.07) is 15.1. The third-order valence-electron chi connectivity index (χ3n) is 4.21. The summed E-state index contributed by atoms with van der Waals surface area (Å²) in [6.45, 7) is 2.19. The molecule has 2 aromatic carbocycles. The van der Waals surface area contributed by atoms with Gasteiger partial charge < -0.3 is 0 Å². The van der Waals surface area contributed by atoms with Crippen molar-refractivity contribution in [1.29, 1.82) is 0 Å². The van der Waals surface area contributed by atoms with Gasteiger partial charge in [-0.2, -0.15) is 5.10 Å². The van der Waals surface area contributed by atoms with Crippen molar-refractivity contribution >= 4 is 34.1 Å². The second-order valence-corrected chi connectivity index (χ2v) is 6.39. The zero-order chi connectivity index (χ0) is 16.4. The summed E-state index contributed by atoms with van der Waals surface area (Å²) in [7, 11) is 0. The fraction of sp³-hybridized carbons (Fsp3) is 0.100. The quantitative estimate of drug-likeness (QED) is 0.492. The number of fused-ring (bicyclic) bond motifs is 1. The van der Waals surface area contributed by atoms with Crippen LogP contribution in [0.5, 0.6) is 0 Å². The predicted molar refractivity (Wildman–Crippen MR) is 102 cm³/mol.